The van der Waals surface area contributed by atoms with Gasteiger partial charge in [-0.15, -0.1) is 5.10 Å². The van der Waals surface area contributed by atoms with E-state index in [2.05, 4.69) is 58.2 Å². The molecule has 20 heavy (non-hydrogen) atoms. The molecule has 0 bridgehead atoms. The van der Waals surface area contributed by atoms with E-state index in [0.29, 0.717) is 0 Å². The molecule has 1 heterocycles. The maximum Gasteiger partial charge on any atom is 0.247 e. The van der Waals surface area contributed by atoms with Crippen LogP contribution in [0.2, 0.25) is 0 Å². The summed E-state index contributed by atoms with van der Waals surface area (Å²) in [5.74, 6) is 1.54. The van der Waals surface area contributed by atoms with Crippen molar-refractivity contribution < 1.29 is 0 Å². The molecule has 0 aromatic carbocycles. The summed E-state index contributed by atoms with van der Waals surface area (Å²) in [7, 11) is 4.16. The molecule has 0 radical (unpaired) electrons. The Bertz CT molecular complexity index is 362. The number of nitrogens with one attached hydrogen (secondary N) is 1. The topological polar surface area (TPSA) is 57.2 Å². The van der Waals surface area contributed by atoms with E-state index in [4.69, 9.17) is 0 Å². The van der Waals surface area contributed by atoms with Gasteiger partial charge in [-0.25, -0.2) is 0 Å². The molecule has 0 aliphatic heterocycles. The van der Waals surface area contributed by atoms with Gasteiger partial charge in [-0.1, -0.05) is 13.8 Å². The van der Waals surface area contributed by atoms with E-state index in [1.54, 1.807) is 6.20 Å². The van der Waals surface area contributed by atoms with Crippen LogP contribution in [-0.2, 0) is 0 Å². The van der Waals surface area contributed by atoms with Crippen LogP contribution in [0, 0.1) is 0 Å². The van der Waals surface area contributed by atoms with Crippen LogP contribution in [0.3, 0.4) is 0 Å². The summed E-state index contributed by atoms with van der Waals surface area (Å²) in [6.07, 6.45) is 4.95. The molecule has 0 saturated heterocycles. The number of anilines is 2. The first-order chi connectivity index (χ1) is 9.67. The molecule has 6 heteroatoms. The second-order valence-corrected chi connectivity index (χ2v) is 5.21. The third-order valence-corrected chi connectivity index (χ3v) is 2.91. The van der Waals surface area contributed by atoms with E-state index in [1.807, 2.05) is 0 Å². The Labute approximate surface area is 122 Å². The van der Waals surface area contributed by atoms with Crippen LogP contribution in [-0.4, -0.2) is 60.4 Å². The third kappa shape index (κ3) is 6.14. The highest BCUT2D eigenvalue weighted by Crippen LogP contribution is 2.10. The Morgan fingerprint density at radius 2 is 1.80 bits per heavy atom. The molecule has 0 aliphatic carbocycles. The minimum Gasteiger partial charge on any atom is -0.369 e. The van der Waals surface area contributed by atoms with Crippen molar-refractivity contribution in [1.82, 2.24) is 20.1 Å². The lowest BCUT2D eigenvalue weighted by Crippen LogP contribution is -2.27. The van der Waals surface area contributed by atoms with Crippen LogP contribution in [0.25, 0.3) is 0 Å². The molecule has 1 aromatic heterocycles. The minimum atomic E-state index is 0.728. The first-order valence-electron chi connectivity index (χ1n) is 7.50. The second-order valence-electron chi connectivity index (χ2n) is 5.21. The van der Waals surface area contributed by atoms with Gasteiger partial charge in [-0.2, -0.15) is 10.1 Å². The quantitative estimate of drug-likeness (QED) is 0.660. The largest absolute Gasteiger partial charge is 0.369 e. The standard InChI is InChI=1S/C14H28N6/c1-5-9-20(10-6-2)14-17-13(12-16-18-14)15-8-7-11-19(3)4/h12H,5-11H2,1-4H3,(H,15,17,18). The lowest BCUT2D eigenvalue weighted by atomic mass is 10.4. The Kier molecular flexibility index (Phi) is 7.87. The van der Waals surface area contributed by atoms with Gasteiger partial charge < -0.3 is 15.1 Å². The lowest BCUT2D eigenvalue weighted by molar-refractivity contribution is 0.405. The number of nitrogens with zero attached hydrogens (tertiary/aromatic N) is 5. The van der Waals surface area contributed by atoms with Gasteiger partial charge in [-0.05, 0) is 39.9 Å². The summed E-state index contributed by atoms with van der Waals surface area (Å²) < 4.78 is 0. The van der Waals surface area contributed by atoms with Gasteiger partial charge in [0.15, 0.2) is 5.82 Å². The highest BCUT2D eigenvalue weighted by molar-refractivity contribution is 5.38. The highest BCUT2D eigenvalue weighted by atomic mass is 15.3. The zero-order chi connectivity index (χ0) is 14.8. The zero-order valence-corrected chi connectivity index (χ0v) is 13.3. The summed E-state index contributed by atoms with van der Waals surface area (Å²) in [5.41, 5.74) is 0. The summed E-state index contributed by atoms with van der Waals surface area (Å²) in [4.78, 5) is 8.92. The summed E-state index contributed by atoms with van der Waals surface area (Å²) in [6, 6.07) is 0. The van der Waals surface area contributed by atoms with Crippen molar-refractivity contribution in [3.63, 3.8) is 0 Å². The van der Waals surface area contributed by atoms with Crippen LogP contribution in [0.15, 0.2) is 6.20 Å². The zero-order valence-electron chi connectivity index (χ0n) is 13.3. The van der Waals surface area contributed by atoms with Gasteiger partial charge in [0.2, 0.25) is 5.95 Å². The fourth-order valence-electron chi connectivity index (χ4n) is 1.98. The van der Waals surface area contributed by atoms with E-state index in [1.165, 1.54) is 0 Å². The third-order valence-electron chi connectivity index (χ3n) is 2.91. The second kappa shape index (κ2) is 9.47. The molecule has 0 unspecified atom stereocenters. The fourth-order valence-corrected chi connectivity index (χ4v) is 1.98. The van der Waals surface area contributed by atoms with E-state index in [0.717, 1.165) is 57.2 Å². The molecule has 0 saturated carbocycles. The van der Waals surface area contributed by atoms with Gasteiger partial charge in [0, 0.05) is 19.6 Å². The molecule has 0 fully saturated rings. The Hall–Kier alpha value is -1.43. The molecule has 0 atom stereocenters. The molecular weight excluding hydrogens is 252 g/mol. The molecule has 0 aliphatic rings. The maximum atomic E-state index is 4.55. The van der Waals surface area contributed by atoms with E-state index in [9.17, 15) is 0 Å². The molecular formula is C14H28N6. The van der Waals surface area contributed by atoms with Crippen LogP contribution >= 0.6 is 0 Å². The Balaban J connectivity index is 2.55. The summed E-state index contributed by atoms with van der Waals surface area (Å²) in [6.45, 7) is 8.24. The number of hydrogen-bond acceptors (Lipinski definition) is 6. The molecule has 6 nitrogen and oxygen atoms in total. The normalized spacial score (nSPS) is 10.8. The van der Waals surface area contributed by atoms with Gasteiger partial charge in [0.25, 0.3) is 0 Å². The molecule has 1 N–H and O–H groups in total. The van der Waals surface area contributed by atoms with Crippen molar-refractivity contribution in [1.29, 1.82) is 0 Å². The minimum absolute atomic E-state index is 0.728. The number of aromatic nitrogens is 3. The predicted octanol–water partition coefficient (Wildman–Crippen LogP) is 1.86. The van der Waals surface area contributed by atoms with E-state index >= 15 is 0 Å². The van der Waals surface area contributed by atoms with Crippen LogP contribution in [0.5, 0.6) is 0 Å². The van der Waals surface area contributed by atoms with Gasteiger partial charge >= 0.3 is 0 Å². The van der Waals surface area contributed by atoms with Gasteiger partial charge in [-0.3, -0.25) is 0 Å². The molecule has 1 aromatic rings. The number of hydrogen-bond donors (Lipinski definition) is 1. The monoisotopic (exact) mass is 280 g/mol. The van der Waals surface area contributed by atoms with Crippen molar-refractivity contribution >= 4 is 11.8 Å². The molecule has 0 spiro atoms. The van der Waals surface area contributed by atoms with Crippen molar-refractivity contribution in [2.75, 3.05) is 50.5 Å². The van der Waals surface area contributed by atoms with Gasteiger partial charge in [0.1, 0.15) is 0 Å². The van der Waals surface area contributed by atoms with Gasteiger partial charge in [0.05, 0.1) is 6.20 Å². The average Bonchev–Trinajstić information content (AvgIpc) is 2.43. The first kappa shape index (κ1) is 16.6. The van der Waals surface area contributed by atoms with E-state index < -0.39 is 0 Å². The average molecular weight is 280 g/mol. The smallest absolute Gasteiger partial charge is 0.247 e. The van der Waals surface area contributed by atoms with E-state index in [-0.39, 0.29) is 0 Å². The van der Waals surface area contributed by atoms with Crippen molar-refractivity contribution in [2.45, 2.75) is 33.1 Å². The van der Waals surface area contributed by atoms with Crippen molar-refractivity contribution in [3.05, 3.63) is 6.20 Å². The Morgan fingerprint density at radius 1 is 1.10 bits per heavy atom. The maximum absolute atomic E-state index is 4.55. The molecule has 1 rings (SSSR count). The number of rotatable bonds is 10. The van der Waals surface area contributed by atoms with Crippen molar-refractivity contribution in [3.8, 4) is 0 Å². The molecule has 114 valence electrons. The van der Waals surface area contributed by atoms with Crippen LogP contribution in [0.4, 0.5) is 11.8 Å². The summed E-state index contributed by atoms with van der Waals surface area (Å²) >= 11 is 0. The van der Waals surface area contributed by atoms with Crippen LogP contribution in [0.1, 0.15) is 33.1 Å². The predicted molar refractivity (Wildman–Crippen MR) is 84.3 cm³/mol. The Morgan fingerprint density at radius 3 is 2.40 bits per heavy atom. The highest BCUT2D eigenvalue weighted by Gasteiger charge is 2.09. The molecule has 0 amide bonds. The lowest BCUT2D eigenvalue weighted by Gasteiger charge is -2.21. The van der Waals surface area contributed by atoms with Crippen molar-refractivity contribution in [2.24, 2.45) is 0 Å². The fraction of sp³-hybridized carbons (Fsp3) is 0.786. The van der Waals surface area contributed by atoms with Crippen LogP contribution < -0.4 is 10.2 Å². The SMILES string of the molecule is CCCN(CCC)c1nncc(NCCCN(C)C)n1. The first-order valence-corrected chi connectivity index (χ1v) is 7.50. The summed E-state index contributed by atoms with van der Waals surface area (Å²) in [5, 5.41) is 11.5.